The van der Waals surface area contributed by atoms with Crippen molar-refractivity contribution < 1.29 is 13.2 Å². The van der Waals surface area contributed by atoms with E-state index in [9.17, 15) is 18.0 Å². The second kappa shape index (κ2) is 3.50. The topological polar surface area (TPSA) is 49.0 Å². The Balaban J connectivity index is 2.53. The first kappa shape index (κ1) is 11.0. The van der Waals surface area contributed by atoms with Crippen molar-refractivity contribution in [1.29, 1.82) is 0 Å². The molecule has 88 valence electrons. The lowest BCUT2D eigenvalue weighted by Gasteiger charge is -2.41. The van der Waals surface area contributed by atoms with Crippen LogP contribution in [0, 0.1) is 0 Å². The first-order chi connectivity index (χ1) is 7.41. The summed E-state index contributed by atoms with van der Waals surface area (Å²) < 4.78 is 38.0. The SMILES string of the molecule is C[C@@H]1CCN1c1cn[nH]c(=O)c1C(F)(F)F. The summed E-state index contributed by atoms with van der Waals surface area (Å²) in [5, 5.41) is 5.23. The minimum Gasteiger partial charge on any atom is -0.367 e. The number of anilines is 1. The first-order valence-corrected chi connectivity index (χ1v) is 4.83. The maximum Gasteiger partial charge on any atom is 0.423 e. The maximum absolute atomic E-state index is 12.7. The van der Waals surface area contributed by atoms with Gasteiger partial charge in [0, 0.05) is 12.6 Å². The van der Waals surface area contributed by atoms with Crippen molar-refractivity contribution in [2.24, 2.45) is 0 Å². The van der Waals surface area contributed by atoms with Crippen LogP contribution in [0.5, 0.6) is 0 Å². The van der Waals surface area contributed by atoms with Crippen LogP contribution >= 0.6 is 0 Å². The number of aromatic nitrogens is 2. The molecule has 2 rings (SSSR count). The van der Waals surface area contributed by atoms with E-state index < -0.39 is 17.3 Å². The number of nitrogens with one attached hydrogen (secondary N) is 1. The molecule has 0 bridgehead atoms. The van der Waals surface area contributed by atoms with Gasteiger partial charge in [-0.1, -0.05) is 0 Å². The predicted octanol–water partition coefficient (Wildman–Crippen LogP) is 1.39. The van der Waals surface area contributed by atoms with Gasteiger partial charge in [-0.3, -0.25) is 4.79 Å². The zero-order valence-electron chi connectivity index (χ0n) is 8.51. The van der Waals surface area contributed by atoms with Crippen molar-refractivity contribution in [2.75, 3.05) is 11.4 Å². The van der Waals surface area contributed by atoms with E-state index in [1.165, 1.54) is 4.90 Å². The van der Waals surface area contributed by atoms with Crippen molar-refractivity contribution in [1.82, 2.24) is 10.2 Å². The standard InChI is InChI=1S/C9H10F3N3O/c1-5-2-3-15(5)6-4-13-14-8(16)7(6)9(10,11)12/h4-5H,2-3H2,1H3,(H,14,16)/t5-/m1/s1. The molecule has 2 heterocycles. The Morgan fingerprint density at radius 1 is 1.56 bits per heavy atom. The van der Waals surface area contributed by atoms with Crippen molar-refractivity contribution in [3.63, 3.8) is 0 Å². The highest BCUT2D eigenvalue weighted by Gasteiger charge is 2.40. The van der Waals surface area contributed by atoms with Gasteiger partial charge < -0.3 is 4.90 Å². The number of H-pyrrole nitrogens is 1. The highest BCUT2D eigenvalue weighted by atomic mass is 19.4. The maximum atomic E-state index is 12.7. The van der Waals surface area contributed by atoms with E-state index in [-0.39, 0.29) is 11.7 Å². The van der Waals surface area contributed by atoms with Crippen LogP contribution in [-0.2, 0) is 6.18 Å². The summed E-state index contributed by atoms with van der Waals surface area (Å²) in [5.74, 6) is 0. The van der Waals surface area contributed by atoms with E-state index >= 15 is 0 Å². The lowest BCUT2D eigenvalue weighted by atomic mass is 10.0. The number of hydrogen-bond donors (Lipinski definition) is 1. The molecule has 1 saturated heterocycles. The Kier molecular flexibility index (Phi) is 2.40. The Hall–Kier alpha value is -1.53. The minimum atomic E-state index is -4.65. The molecule has 1 N–H and O–H groups in total. The van der Waals surface area contributed by atoms with Crippen LogP contribution in [0.2, 0.25) is 0 Å². The summed E-state index contributed by atoms with van der Waals surface area (Å²) in [5.41, 5.74) is -2.48. The minimum absolute atomic E-state index is 0.0182. The molecule has 1 aliphatic heterocycles. The van der Waals surface area contributed by atoms with Gasteiger partial charge in [0.2, 0.25) is 0 Å². The third-order valence-corrected chi connectivity index (χ3v) is 2.75. The average molecular weight is 233 g/mol. The number of aromatic amines is 1. The molecule has 1 atom stereocenters. The smallest absolute Gasteiger partial charge is 0.367 e. The molecule has 0 spiro atoms. The molecule has 4 nitrogen and oxygen atoms in total. The van der Waals surface area contributed by atoms with Gasteiger partial charge in [0.1, 0.15) is 5.56 Å². The highest BCUT2D eigenvalue weighted by Crippen LogP contribution is 2.36. The largest absolute Gasteiger partial charge is 0.423 e. The van der Waals surface area contributed by atoms with Crippen molar-refractivity contribution in [3.8, 4) is 0 Å². The summed E-state index contributed by atoms with van der Waals surface area (Å²) in [7, 11) is 0. The van der Waals surface area contributed by atoms with Gasteiger partial charge in [0.15, 0.2) is 0 Å². The van der Waals surface area contributed by atoms with Crippen LogP contribution in [0.15, 0.2) is 11.0 Å². The van der Waals surface area contributed by atoms with E-state index in [4.69, 9.17) is 0 Å². The summed E-state index contributed by atoms with van der Waals surface area (Å²) in [4.78, 5) is 12.7. The molecule has 1 aromatic rings. The van der Waals surface area contributed by atoms with Crippen molar-refractivity contribution >= 4 is 5.69 Å². The average Bonchev–Trinajstić information content (AvgIpc) is 2.13. The lowest BCUT2D eigenvalue weighted by Crippen LogP contribution is -2.47. The highest BCUT2D eigenvalue weighted by molar-refractivity contribution is 5.54. The molecule has 1 aromatic heterocycles. The molecule has 0 aromatic carbocycles. The number of hydrogen-bond acceptors (Lipinski definition) is 3. The molecule has 1 fully saturated rings. The zero-order valence-corrected chi connectivity index (χ0v) is 8.51. The van der Waals surface area contributed by atoms with E-state index in [2.05, 4.69) is 5.10 Å². The van der Waals surface area contributed by atoms with E-state index in [0.29, 0.717) is 6.54 Å². The van der Waals surface area contributed by atoms with Crippen LogP contribution in [0.3, 0.4) is 0 Å². The third-order valence-electron chi connectivity index (χ3n) is 2.75. The second-order valence-electron chi connectivity index (χ2n) is 3.79. The normalized spacial score (nSPS) is 20.8. The first-order valence-electron chi connectivity index (χ1n) is 4.83. The molecular weight excluding hydrogens is 223 g/mol. The van der Waals surface area contributed by atoms with Gasteiger partial charge in [-0.25, -0.2) is 5.10 Å². The summed E-state index contributed by atoms with van der Waals surface area (Å²) >= 11 is 0. The summed E-state index contributed by atoms with van der Waals surface area (Å²) in [6, 6.07) is 0.0182. The fourth-order valence-corrected chi connectivity index (χ4v) is 1.75. The molecule has 7 heteroatoms. The molecule has 0 saturated carbocycles. The van der Waals surface area contributed by atoms with Gasteiger partial charge in [-0.2, -0.15) is 18.3 Å². The fraction of sp³-hybridized carbons (Fsp3) is 0.556. The van der Waals surface area contributed by atoms with Crippen LogP contribution in [0.4, 0.5) is 18.9 Å². The number of rotatable bonds is 1. The molecule has 0 radical (unpaired) electrons. The van der Waals surface area contributed by atoms with E-state index in [1.807, 2.05) is 12.0 Å². The Bertz CT molecular complexity index is 454. The molecule has 0 unspecified atom stereocenters. The van der Waals surface area contributed by atoms with Gasteiger partial charge in [0.05, 0.1) is 11.9 Å². The lowest BCUT2D eigenvalue weighted by molar-refractivity contribution is -0.138. The van der Waals surface area contributed by atoms with Crippen molar-refractivity contribution in [3.05, 3.63) is 22.1 Å². The fourth-order valence-electron chi connectivity index (χ4n) is 1.75. The van der Waals surface area contributed by atoms with Crippen molar-refractivity contribution in [2.45, 2.75) is 25.6 Å². The summed E-state index contributed by atoms with van der Waals surface area (Å²) in [6.07, 6.45) is -2.77. The van der Waals surface area contributed by atoms with E-state index in [1.54, 1.807) is 0 Å². The van der Waals surface area contributed by atoms with Crippen LogP contribution in [0.1, 0.15) is 18.9 Å². The molecule has 0 aliphatic carbocycles. The Morgan fingerprint density at radius 2 is 2.25 bits per heavy atom. The Morgan fingerprint density at radius 3 is 2.69 bits per heavy atom. The predicted molar refractivity (Wildman–Crippen MR) is 51.3 cm³/mol. The molecular formula is C9H10F3N3O. The monoisotopic (exact) mass is 233 g/mol. The van der Waals surface area contributed by atoms with Crippen LogP contribution in [0.25, 0.3) is 0 Å². The number of nitrogens with zero attached hydrogens (tertiary/aromatic N) is 2. The molecule has 16 heavy (non-hydrogen) atoms. The van der Waals surface area contributed by atoms with Crippen LogP contribution < -0.4 is 10.5 Å². The summed E-state index contributed by atoms with van der Waals surface area (Å²) in [6.45, 7) is 2.33. The van der Waals surface area contributed by atoms with Gasteiger partial charge in [0.25, 0.3) is 5.56 Å². The van der Waals surface area contributed by atoms with Crippen LogP contribution in [-0.4, -0.2) is 22.8 Å². The number of halogens is 3. The van der Waals surface area contributed by atoms with Gasteiger partial charge in [-0.15, -0.1) is 0 Å². The second-order valence-corrected chi connectivity index (χ2v) is 3.79. The van der Waals surface area contributed by atoms with Gasteiger partial charge >= 0.3 is 6.18 Å². The Labute approximate surface area is 89.1 Å². The molecule has 1 aliphatic rings. The van der Waals surface area contributed by atoms with E-state index in [0.717, 1.165) is 12.6 Å². The number of alkyl halides is 3. The third kappa shape index (κ3) is 1.66. The zero-order chi connectivity index (χ0) is 11.9. The quantitative estimate of drug-likeness (QED) is 0.797. The van der Waals surface area contributed by atoms with Gasteiger partial charge in [-0.05, 0) is 13.3 Å². The molecule has 0 amide bonds.